The lowest BCUT2D eigenvalue weighted by atomic mass is 9.68. The quantitative estimate of drug-likeness (QED) is 0.261. The average Bonchev–Trinajstić information content (AvgIpc) is 3.24. The van der Waals surface area contributed by atoms with Gasteiger partial charge >= 0.3 is 0 Å². The third-order valence-corrected chi connectivity index (χ3v) is 7.73. The molecule has 2 aliphatic rings. The predicted molar refractivity (Wildman–Crippen MR) is 154 cm³/mol. The average molecular weight is 491 g/mol. The number of phenols is 1. The first-order chi connectivity index (χ1) is 18.6. The minimum Gasteiger partial charge on any atom is -0.508 e. The molecule has 38 heavy (non-hydrogen) atoms. The van der Waals surface area contributed by atoms with Gasteiger partial charge in [0, 0.05) is 0 Å². The molecule has 2 heteroatoms. The first kappa shape index (κ1) is 22.4. The Morgan fingerprint density at radius 1 is 0.553 bits per heavy atom. The lowest BCUT2D eigenvalue weighted by Gasteiger charge is -2.34. The second-order valence-electron chi connectivity index (χ2n) is 10.0. The number of allylic oxidation sites excluding steroid dienone is 4. The Bertz CT molecular complexity index is 1670. The van der Waals surface area contributed by atoms with Gasteiger partial charge in [0.15, 0.2) is 0 Å². The maximum Gasteiger partial charge on any atom is 0.127 e. The summed E-state index contributed by atoms with van der Waals surface area (Å²) in [6, 6.07) is 41.6. The van der Waals surface area contributed by atoms with Crippen LogP contribution in [0, 0.1) is 0 Å². The highest BCUT2D eigenvalue weighted by Gasteiger charge is 2.45. The zero-order valence-electron chi connectivity index (χ0n) is 21.1. The number of hydrogen-bond donors (Lipinski definition) is 1. The van der Waals surface area contributed by atoms with Crippen LogP contribution < -0.4 is 4.74 Å². The molecule has 0 saturated heterocycles. The first-order valence-corrected chi connectivity index (χ1v) is 12.9. The van der Waals surface area contributed by atoms with Gasteiger partial charge in [-0.05, 0) is 93.4 Å². The number of aromatic hydroxyl groups is 1. The van der Waals surface area contributed by atoms with Gasteiger partial charge < -0.3 is 9.84 Å². The SMILES string of the molecule is CC1=CC(c2ccc(Oc3ccc(C4(c5ccc(O)cc5)c5ccccc5-c5ccccc54)cc3)cc2)=C1. The summed E-state index contributed by atoms with van der Waals surface area (Å²) in [5, 5.41) is 10.1. The third kappa shape index (κ3) is 3.42. The maximum atomic E-state index is 10.1. The number of benzene rings is 5. The van der Waals surface area contributed by atoms with Gasteiger partial charge in [-0.2, -0.15) is 0 Å². The second kappa shape index (κ2) is 8.64. The van der Waals surface area contributed by atoms with E-state index in [1.54, 1.807) is 12.1 Å². The number of phenolic OH excluding ortho intramolecular Hbond substituents is 1. The molecule has 5 aromatic carbocycles. The van der Waals surface area contributed by atoms with Crippen LogP contribution in [0.5, 0.6) is 17.2 Å². The van der Waals surface area contributed by atoms with Crippen LogP contribution in [0.2, 0.25) is 0 Å². The fourth-order valence-corrected chi connectivity index (χ4v) is 6.00. The minimum atomic E-state index is -0.497. The Labute approximate surface area is 222 Å². The van der Waals surface area contributed by atoms with Crippen LogP contribution in [0.15, 0.2) is 139 Å². The summed E-state index contributed by atoms with van der Waals surface area (Å²) in [6.45, 7) is 2.11. The summed E-state index contributed by atoms with van der Waals surface area (Å²) in [7, 11) is 0. The van der Waals surface area contributed by atoms with Gasteiger partial charge in [-0.3, -0.25) is 0 Å². The Morgan fingerprint density at radius 2 is 1.03 bits per heavy atom. The van der Waals surface area contributed by atoms with Crippen LogP contribution in [-0.2, 0) is 5.41 Å². The zero-order valence-corrected chi connectivity index (χ0v) is 21.1. The number of hydrogen-bond acceptors (Lipinski definition) is 2. The van der Waals surface area contributed by atoms with Gasteiger partial charge in [-0.15, -0.1) is 0 Å². The summed E-state index contributed by atoms with van der Waals surface area (Å²) >= 11 is 0. The molecule has 2 aliphatic carbocycles. The van der Waals surface area contributed by atoms with Crippen molar-refractivity contribution in [2.24, 2.45) is 0 Å². The van der Waals surface area contributed by atoms with Crippen molar-refractivity contribution in [1.29, 1.82) is 0 Å². The molecule has 2 nitrogen and oxygen atoms in total. The molecule has 0 atom stereocenters. The van der Waals surface area contributed by atoms with Crippen molar-refractivity contribution in [2.45, 2.75) is 12.3 Å². The van der Waals surface area contributed by atoms with E-state index in [0.29, 0.717) is 0 Å². The molecule has 7 rings (SSSR count). The molecule has 0 saturated carbocycles. The molecule has 1 N–H and O–H groups in total. The van der Waals surface area contributed by atoms with Gasteiger partial charge in [-0.25, -0.2) is 0 Å². The lowest BCUT2D eigenvalue weighted by Crippen LogP contribution is -2.28. The van der Waals surface area contributed by atoms with Gasteiger partial charge in [-0.1, -0.05) is 97.1 Å². The molecular weight excluding hydrogens is 464 g/mol. The van der Waals surface area contributed by atoms with Crippen molar-refractivity contribution in [3.8, 4) is 28.4 Å². The normalized spacial score (nSPS) is 14.6. The largest absolute Gasteiger partial charge is 0.508 e. The maximum absolute atomic E-state index is 10.1. The molecule has 0 amide bonds. The van der Waals surface area contributed by atoms with Gasteiger partial charge in [0.1, 0.15) is 17.2 Å². The first-order valence-electron chi connectivity index (χ1n) is 12.9. The molecule has 0 radical (unpaired) electrons. The van der Waals surface area contributed by atoms with E-state index in [2.05, 4.69) is 104 Å². The number of ether oxygens (including phenoxy) is 1. The van der Waals surface area contributed by atoms with Crippen LogP contribution in [0.3, 0.4) is 0 Å². The summed E-state index contributed by atoms with van der Waals surface area (Å²) < 4.78 is 6.23. The van der Waals surface area contributed by atoms with E-state index in [-0.39, 0.29) is 5.75 Å². The van der Waals surface area contributed by atoms with E-state index < -0.39 is 5.41 Å². The van der Waals surface area contributed by atoms with Crippen molar-refractivity contribution >= 4 is 5.57 Å². The van der Waals surface area contributed by atoms with E-state index in [1.165, 1.54) is 39.0 Å². The fraction of sp³-hybridized carbons (Fsp3) is 0.0556. The standard InChI is InChI=1S/C36H26O2/c1-24-22-26(23-24)25-10-18-30(19-11-25)38-31-20-14-28(15-21-31)36(27-12-16-29(37)17-13-27)34-8-4-2-6-32(34)33-7-3-5-9-35(33)36/h2-23,37H,1H3. The van der Waals surface area contributed by atoms with Crippen molar-refractivity contribution < 1.29 is 9.84 Å². The number of rotatable bonds is 5. The highest BCUT2D eigenvalue weighted by molar-refractivity contribution is 5.86. The van der Waals surface area contributed by atoms with Crippen molar-refractivity contribution in [3.63, 3.8) is 0 Å². The summed E-state index contributed by atoms with van der Waals surface area (Å²) in [5.74, 6) is 1.87. The Hall–Kier alpha value is -4.82. The van der Waals surface area contributed by atoms with Gasteiger partial charge in [0.05, 0.1) is 5.41 Å². The lowest BCUT2D eigenvalue weighted by molar-refractivity contribution is 0.475. The molecule has 5 aromatic rings. The van der Waals surface area contributed by atoms with E-state index in [4.69, 9.17) is 4.74 Å². The smallest absolute Gasteiger partial charge is 0.127 e. The van der Waals surface area contributed by atoms with E-state index >= 15 is 0 Å². The van der Waals surface area contributed by atoms with E-state index in [0.717, 1.165) is 22.6 Å². The zero-order chi connectivity index (χ0) is 25.7. The molecule has 0 aliphatic heterocycles. The van der Waals surface area contributed by atoms with Crippen LogP contribution in [-0.4, -0.2) is 5.11 Å². The number of fused-ring (bicyclic) bond motifs is 3. The van der Waals surface area contributed by atoms with Gasteiger partial charge in [0.2, 0.25) is 0 Å². The predicted octanol–water partition coefficient (Wildman–Crippen LogP) is 8.89. The highest BCUT2D eigenvalue weighted by Crippen LogP contribution is 2.56. The van der Waals surface area contributed by atoms with E-state index in [1.807, 2.05) is 24.3 Å². The fourth-order valence-electron chi connectivity index (χ4n) is 6.00. The van der Waals surface area contributed by atoms with Crippen LogP contribution >= 0.6 is 0 Å². The molecular formula is C36H26O2. The second-order valence-corrected chi connectivity index (χ2v) is 10.0. The molecule has 0 unspecified atom stereocenters. The van der Waals surface area contributed by atoms with Crippen LogP contribution in [0.4, 0.5) is 0 Å². The Balaban J connectivity index is 1.30. The Morgan fingerprint density at radius 3 is 1.55 bits per heavy atom. The molecule has 0 heterocycles. The topological polar surface area (TPSA) is 29.5 Å². The third-order valence-electron chi connectivity index (χ3n) is 7.73. The summed E-state index contributed by atoms with van der Waals surface area (Å²) in [5.41, 5.74) is 10.5. The van der Waals surface area contributed by atoms with Crippen molar-refractivity contribution in [2.75, 3.05) is 0 Å². The van der Waals surface area contributed by atoms with Crippen LogP contribution in [0.1, 0.15) is 34.7 Å². The Kier molecular flexibility index (Phi) is 5.09. The van der Waals surface area contributed by atoms with Gasteiger partial charge in [0.25, 0.3) is 0 Å². The molecule has 0 spiro atoms. The molecule has 0 aromatic heterocycles. The molecule has 0 bridgehead atoms. The summed E-state index contributed by atoms with van der Waals surface area (Å²) in [6.07, 6.45) is 4.38. The van der Waals surface area contributed by atoms with E-state index in [9.17, 15) is 5.11 Å². The highest BCUT2D eigenvalue weighted by atomic mass is 16.5. The van der Waals surface area contributed by atoms with Crippen LogP contribution in [0.25, 0.3) is 16.7 Å². The van der Waals surface area contributed by atoms with Crippen molar-refractivity contribution in [1.82, 2.24) is 0 Å². The molecule has 182 valence electrons. The monoisotopic (exact) mass is 490 g/mol. The van der Waals surface area contributed by atoms with Crippen molar-refractivity contribution in [3.05, 3.63) is 167 Å². The molecule has 0 fully saturated rings. The summed E-state index contributed by atoms with van der Waals surface area (Å²) in [4.78, 5) is 0. The minimum absolute atomic E-state index is 0.262.